The number of hydrogen-bond acceptors (Lipinski definition) is 4. The van der Waals surface area contributed by atoms with Crippen LogP contribution in [0.15, 0.2) is 46.4 Å². The fraction of sp³-hybridized carbons (Fsp3) is 0.222. The van der Waals surface area contributed by atoms with E-state index in [4.69, 9.17) is 14.9 Å². The summed E-state index contributed by atoms with van der Waals surface area (Å²) in [6, 6.07) is 13.2. The summed E-state index contributed by atoms with van der Waals surface area (Å²) in [6.07, 6.45) is -0.716. The van der Waals surface area contributed by atoms with Crippen LogP contribution < -0.4 is 5.73 Å². The number of carbonyl (C=O) groups is 1. The third-order valence-corrected chi connectivity index (χ3v) is 3.89. The van der Waals surface area contributed by atoms with Crippen molar-refractivity contribution in [2.24, 2.45) is 11.7 Å². The summed E-state index contributed by atoms with van der Waals surface area (Å²) in [4.78, 5) is 11.9. The van der Waals surface area contributed by atoms with Gasteiger partial charge in [-0.05, 0) is 26.0 Å². The first-order valence-electron chi connectivity index (χ1n) is 7.25. The van der Waals surface area contributed by atoms with Gasteiger partial charge in [-0.25, -0.2) is 0 Å². The Hall–Kier alpha value is -3.00. The molecule has 0 aliphatic carbocycles. The highest BCUT2D eigenvalue weighted by Crippen LogP contribution is 2.45. The zero-order chi connectivity index (χ0) is 16.6. The summed E-state index contributed by atoms with van der Waals surface area (Å²) < 4.78 is 11.5. The Balaban J connectivity index is 2.07. The Morgan fingerprint density at radius 1 is 1.17 bits per heavy atom. The van der Waals surface area contributed by atoms with Crippen LogP contribution in [0.1, 0.15) is 28.8 Å². The predicted octanol–water partition coefficient (Wildman–Crippen LogP) is 3.00. The van der Waals surface area contributed by atoms with Crippen LogP contribution in [0.5, 0.6) is 0 Å². The van der Waals surface area contributed by atoms with Gasteiger partial charge in [-0.3, -0.25) is 4.79 Å². The number of nitriles is 1. The second kappa shape index (κ2) is 5.65. The van der Waals surface area contributed by atoms with Crippen LogP contribution in [0, 0.1) is 31.1 Å². The van der Waals surface area contributed by atoms with Crippen molar-refractivity contribution >= 4 is 11.7 Å². The van der Waals surface area contributed by atoms with Crippen molar-refractivity contribution in [2.45, 2.75) is 20.0 Å². The Labute approximate surface area is 134 Å². The number of benzene rings is 1. The first kappa shape index (κ1) is 14.9. The molecule has 2 atom stereocenters. The number of furan rings is 1. The van der Waals surface area contributed by atoms with Gasteiger partial charge in [0.05, 0.1) is 11.6 Å². The van der Waals surface area contributed by atoms with Gasteiger partial charge in [0.2, 0.25) is 5.91 Å². The normalized spacial score (nSPS) is 20.2. The molecule has 1 aliphatic heterocycles. The summed E-state index contributed by atoms with van der Waals surface area (Å²) >= 11 is 0. The highest BCUT2D eigenvalue weighted by atomic mass is 16.5. The number of primary amides is 1. The molecule has 0 unspecified atom stereocenters. The molecular formula is C18H16N2O3. The monoisotopic (exact) mass is 308 g/mol. The van der Waals surface area contributed by atoms with Gasteiger partial charge >= 0.3 is 0 Å². The summed E-state index contributed by atoms with van der Waals surface area (Å²) in [7, 11) is 0. The second-order valence-electron chi connectivity index (χ2n) is 5.59. The maximum absolute atomic E-state index is 11.9. The molecule has 0 saturated carbocycles. The third-order valence-electron chi connectivity index (χ3n) is 3.89. The van der Waals surface area contributed by atoms with Gasteiger partial charge in [-0.2, -0.15) is 5.26 Å². The van der Waals surface area contributed by atoms with Gasteiger partial charge in [0.15, 0.2) is 6.10 Å². The smallest absolute Gasteiger partial charge is 0.230 e. The Kier molecular flexibility index (Phi) is 3.67. The van der Waals surface area contributed by atoms with Crippen molar-refractivity contribution in [3.05, 3.63) is 64.6 Å². The molecule has 0 radical (unpaired) electrons. The molecule has 1 aliphatic rings. The van der Waals surface area contributed by atoms with Gasteiger partial charge in [0, 0.05) is 5.56 Å². The van der Waals surface area contributed by atoms with E-state index >= 15 is 0 Å². The molecule has 1 amide bonds. The van der Waals surface area contributed by atoms with E-state index in [2.05, 4.69) is 6.07 Å². The Bertz CT molecular complexity index is 825. The molecule has 2 N–H and O–H groups in total. The molecule has 23 heavy (non-hydrogen) atoms. The van der Waals surface area contributed by atoms with Crippen LogP contribution in [0.25, 0.3) is 5.76 Å². The quantitative estimate of drug-likeness (QED) is 0.943. The predicted molar refractivity (Wildman–Crippen MR) is 83.7 cm³/mol. The summed E-state index contributed by atoms with van der Waals surface area (Å²) in [5.41, 5.74) is 7.59. The van der Waals surface area contributed by atoms with Gasteiger partial charge in [0.25, 0.3) is 0 Å². The molecule has 0 bridgehead atoms. The van der Waals surface area contributed by atoms with Crippen LogP contribution >= 0.6 is 0 Å². The van der Waals surface area contributed by atoms with Crippen LogP contribution in [0.3, 0.4) is 0 Å². The Morgan fingerprint density at radius 2 is 1.87 bits per heavy atom. The molecule has 2 aromatic rings. The van der Waals surface area contributed by atoms with Gasteiger partial charge in [0.1, 0.15) is 23.2 Å². The van der Waals surface area contributed by atoms with E-state index in [9.17, 15) is 10.1 Å². The summed E-state index contributed by atoms with van der Waals surface area (Å²) in [6.45, 7) is 3.77. The second-order valence-corrected chi connectivity index (χ2v) is 5.59. The highest BCUT2D eigenvalue weighted by molar-refractivity contribution is 5.87. The third kappa shape index (κ3) is 2.59. The van der Waals surface area contributed by atoms with E-state index in [0.717, 1.165) is 11.1 Å². The van der Waals surface area contributed by atoms with E-state index in [1.807, 2.05) is 31.2 Å². The minimum atomic E-state index is -0.859. The van der Waals surface area contributed by atoms with Crippen molar-refractivity contribution in [1.29, 1.82) is 5.26 Å². The number of rotatable bonds is 3. The van der Waals surface area contributed by atoms with Crippen LogP contribution in [-0.2, 0) is 9.53 Å². The largest absolute Gasteiger partial charge is 0.480 e. The summed E-state index contributed by atoms with van der Waals surface area (Å²) in [5.74, 6) is 0.107. The average Bonchev–Trinajstić information content (AvgIpc) is 3.11. The molecule has 5 nitrogen and oxygen atoms in total. The van der Waals surface area contributed by atoms with Crippen molar-refractivity contribution in [2.75, 3.05) is 0 Å². The number of nitrogens with zero attached hydrogens (tertiary/aromatic N) is 1. The zero-order valence-electron chi connectivity index (χ0n) is 12.9. The van der Waals surface area contributed by atoms with Crippen molar-refractivity contribution in [3.63, 3.8) is 0 Å². The fourth-order valence-electron chi connectivity index (χ4n) is 2.72. The standard InChI is InChI=1S/C18H16N2O3/c1-10-3-6-12(7-4-10)16-13(9-19)15(18(20)21)17(23-16)14-8-5-11(2)22-14/h3-8,15,17H,1-2H3,(H2,20,21)/t15-,17+/m0/s1. The molecule has 1 aromatic heterocycles. The molecule has 116 valence electrons. The van der Waals surface area contributed by atoms with Crippen LogP contribution in [0.4, 0.5) is 0 Å². The molecule has 3 rings (SSSR count). The van der Waals surface area contributed by atoms with Crippen LogP contribution in [0.2, 0.25) is 0 Å². The topological polar surface area (TPSA) is 89.2 Å². The van der Waals surface area contributed by atoms with E-state index in [1.165, 1.54) is 0 Å². The van der Waals surface area contributed by atoms with Gasteiger partial charge < -0.3 is 14.9 Å². The molecular weight excluding hydrogens is 292 g/mol. The molecule has 0 spiro atoms. The molecule has 0 saturated heterocycles. The number of amides is 1. The minimum Gasteiger partial charge on any atom is -0.480 e. The lowest BCUT2D eigenvalue weighted by atomic mass is 9.92. The Morgan fingerprint density at radius 3 is 2.39 bits per heavy atom. The molecule has 0 fully saturated rings. The number of hydrogen-bond donors (Lipinski definition) is 1. The maximum atomic E-state index is 11.9. The minimum absolute atomic E-state index is 0.236. The van der Waals surface area contributed by atoms with Crippen molar-refractivity contribution in [1.82, 2.24) is 0 Å². The number of aryl methyl sites for hydroxylation is 2. The fourth-order valence-corrected chi connectivity index (χ4v) is 2.72. The van der Waals surface area contributed by atoms with E-state index in [0.29, 0.717) is 17.3 Å². The number of ether oxygens (including phenoxy) is 1. The first-order chi connectivity index (χ1) is 11.0. The lowest BCUT2D eigenvalue weighted by Crippen LogP contribution is -2.27. The van der Waals surface area contributed by atoms with Crippen molar-refractivity contribution < 1.29 is 13.9 Å². The van der Waals surface area contributed by atoms with Crippen molar-refractivity contribution in [3.8, 4) is 6.07 Å². The van der Waals surface area contributed by atoms with Gasteiger partial charge in [-0.15, -0.1) is 0 Å². The summed E-state index contributed by atoms with van der Waals surface area (Å²) in [5, 5.41) is 9.52. The van der Waals surface area contributed by atoms with Crippen LogP contribution in [-0.4, -0.2) is 5.91 Å². The first-order valence-corrected chi connectivity index (χ1v) is 7.25. The number of nitrogens with two attached hydrogens (primary N) is 1. The molecule has 2 heterocycles. The molecule has 5 heteroatoms. The van der Waals surface area contributed by atoms with Gasteiger partial charge in [-0.1, -0.05) is 29.8 Å². The maximum Gasteiger partial charge on any atom is 0.230 e. The van der Waals surface area contributed by atoms with E-state index in [1.54, 1.807) is 19.1 Å². The SMILES string of the molecule is Cc1ccc(C2=C(C#N)[C@H](C(N)=O)[C@@H](c3ccc(C)o3)O2)cc1. The average molecular weight is 308 g/mol. The molecule has 1 aromatic carbocycles. The lowest BCUT2D eigenvalue weighted by molar-refractivity contribution is -0.123. The van der Waals surface area contributed by atoms with E-state index in [-0.39, 0.29) is 5.57 Å². The highest BCUT2D eigenvalue weighted by Gasteiger charge is 2.43. The number of carbonyl (C=O) groups excluding carboxylic acids is 1. The zero-order valence-corrected chi connectivity index (χ0v) is 12.9. The van der Waals surface area contributed by atoms with E-state index < -0.39 is 17.9 Å². The lowest BCUT2D eigenvalue weighted by Gasteiger charge is -2.15.